The first-order chi connectivity index (χ1) is 10.4. The van der Waals surface area contributed by atoms with E-state index < -0.39 is 0 Å². The quantitative estimate of drug-likeness (QED) is 0.295. The van der Waals surface area contributed by atoms with Crippen LogP contribution in [0.5, 0.6) is 0 Å². The van der Waals surface area contributed by atoms with Gasteiger partial charge in [-0.05, 0) is 31.2 Å². The Kier molecular flexibility index (Phi) is 10.3. The smallest absolute Gasteiger partial charge is 0.190 e. The maximum atomic E-state index is 4.26. The zero-order valence-corrected chi connectivity index (χ0v) is 16.0. The second kappa shape index (κ2) is 11.7. The van der Waals surface area contributed by atoms with Crippen molar-refractivity contribution in [2.45, 2.75) is 51.5 Å². The molecule has 0 atom stereocenters. The van der Waals surface area contributed by atoms with Crippen LogP contribution < -0.4 is 10.6 Å². The Bertz CT molecular complexity index is 399. The summed E-state index contributed by atoms with van der Waals surface area (Å²) in [6, 6.07) is 1.96. The molecule has 0 bridgehead atoms. The SMILES string of the molecule is CN=C(NCCCC1CCCC1)NCCCn1cccn1.I. The standard InChI is InChI=1S/C16H29N5.HI/c1-17-16(18-10-4-9-15-7-2-3-8-15)19-11-5-13-21-14-6-12-20-21;/h6,12,14-15H,2-5,7-11,13H2,1H3,(H2,17,18,19);1H. The number of aromatic nitrogens is 2. The minimum Gasteiger partial charge on any atom is -0.356 e. The Balaban J connectivity index is 0.00000242. The molecule has 0 saturated heterocycles. The van der Waals surface area contributed by atoms with Crippen LogP contribution in [0, 0.1) is 5.92 Å². The average molecular weight is 419 g/mol. The predicted octanol–water partition coefficient (Wildman–Crippen LogP) is 3.03. The van der Waals surface area contributed by atoms with E-state index in [-0.39, 0.29) is 24.0 Å². The summed E-state index contributed by atoms with van der Waals surface area (Å²) < 4.78 is 1.96. The highest BCUT2D eigenvalue weighted by molar-refractivity contribution is 14.0. The van der Waals surface area contributed by atoms with Crippen LogP contribution in [0.2, 0.25) is 0 Å². The lowest BCUT2D eigenvalue weighted by atomic mass is 10.0. The van der Waals surface area contributed by atoms with Gasteiger partial charge in [-0.3, -0.25) is 9.67 Å². The molecule has 22 heavy (non-hydrogen) atoms. The molecule has 6 heteroatoms. The topological polar surface area (TPSA) is 54.2 Å². The lowest BCUT2D eigenvalue weighted by Gasteiger charge is -2.13. The van der Waals surface area contributed by atoms with Gasteiger partial charge in [-0.1, -0.05) is 25.7 Å². The molecule has 0 amide bonds. The third-order valence-electron chi connectivity index (χ3n) is 4.20. The van der Waals surface area contributed by atoms with Gasteiger partial charge in [0, 0.05) is 39.1 Å². The van der Waals surface area contributed by atoms with Gasteiger partial charge in [0.2, 0.25) is 0 Å². The molecular weight excluding hydrogens is 389 g/mol. The van der Waals surface area contributed by atoms with Crippen LogP contribution in [0.3, 0.4) is 0 Å². The third kappa shape index (κ3) is 7.47. The summed E-state index contributed by atoms with van der Waals surface area (Å²) in [6.45, 7) is 2.89. The zero-order chi connectivity index (χ0) is 14.8. The molecule has 0 aromatic carbocycles. The van der Waals surface area contributed by atoms with Gasteiger partial charge in [-0.15, -0.1) is 24.0 Å². The summed E-state index contributed by atoms with van der Waals surface area (Å²) in [6.07, 6.45) is 13.2. The van der Waals surface area contributed by atoms with Crippen LogP contribution >= 0.6 is 24.0 Å². The number of halogens is 1. The van der Waals surface area contributed by atoms with Crippen LogP contribution in [-0.2, 0) is 6.54 Å². The monoisotopic (exact) mass is 419 g/mol. The van der Waals surface area contributed by atoms with Gasteiger partial charge < -0.3 is 10.6 Å². The summed E-state index contributed by atoms with van der Waals surface area (Å²) in [5.41, 5.74) is 0. The van der Waals surface area contributed by atoms with E-state index in [1.165, 1.54) is 38.5 Å². The molecule has 2 rings (SSSR count). The molecule has 1 aliphatic carbocycles. The van der Waals surface area contributed by atoms with Crippen molar-refractivity contribution in [3.8, 4) is 0 Å². The highest BCUT2D eigenvalue weighted by Gasteiger charge is 2.13. The Morgan fingerprint density at radius 1 is 1.23 bits per heavy atom. The molecular formula is C16H30IN5. The van der Waals surface area contributed by atoms with Gasteiger partial charge in [0.1, 0.15) is 0 Å². The van der Waals surface area contributed by atoms with Gasteiger partial charge in [0.15, 0.2) is 5.96 Å². The Hall–Kier alpha value is -0.790. The first-order valence-corrected chi connectivity index (χ1v) is 8.30. The average Bonchev–Trinajstić information content (AvgIpc) is 3.19. The van der Waals surface area contributed by atoms with Gasteiger partial charge in [0.25, 0.3) is 0 Å². The van der Waals surface area contributed by atoms with Gasteiger partial charge >= 0.3 is 0 Å². The van der Waals surface area contributed by atoms with Crippen molar-refractivity contribution in [1.29, 1.82) is 0 Å². The molecule has 1 aliphatic rings. The highest BCUT2D eigenvalue weighted by Crippen LogP contribution is 2.28. The number of hydrogen-bond acceptors (Lipinski definition) is 2. The van der Waals surface area contributed by atoms with Gasteiger partial charge in [-0.2, -0.15) is 5.10 Å². The van der Waals surface area contributed by atoms with Crippen molar-refractivity contribution in [1.82, 2.24) is 20.4 Å². The molecule has 0 spiro atoms. The van der Waals surface area contributed by atoms with Crippen molar-refractivity contribution in [2.75, 3.05) is 20.1 Å². The van der Waals surface area contributed by atoms with Crippen LogP contribution in [0.1, 0.15) is 44.9 Å². The minimum absolute atomic E-state index is 0. The fourth-order valence-corrected chi connectivity index (χ4v) is 3.00. The largest absolute Gasteiger partial charge is 0.356 e. The predicted molar refractivity (Wildman–Crippen MR) is 103 cm³/mol. The van der Waals surface area contributed by atoms with Crippen LogP contribution in [0.4, 0.5) is 0 Å². The Labute approximate surface area is 151 Å². The zero-order valence-electron chi connectivity index (χ0n) is 13.6. The number of rotatable bonds is 8. The summed E-state index contributed by atoms with van der Waals surface area (Å²) in [4.78, 5) is 4.26. The van der Waals surface area contributed by atoms with Gasteiger partial charge in [-0.25, -0.2) is 0 Å². The molecule has 126 valence electrons. The fraction of sp³-hybridized carbons (Fsp3) is 0.750. The lowest BCUT2D eigenvalue weighted by Crippen LogP contribution is -2.38. The van der Waals surface area contributed by atoms with E-state index in [0.717, 1.165) is 37.9 Å². The van der Waals surface area contributed by atoms with E-state index in [1.807, 2.05) is 30.2 Å². The molecule has 1 heterocycles. The fourth-order valence-electron chi connectivity index (χ4n) is 3.00. The molecule has 0 radical (unpaired) electrons. The van der Waals surface area contributed by atoms with Crippen molar-refractivity contribution in [3.05, 3.63) is 18.5 Å². The van der Waals surface area contributed by atoms with Crippen molar-refractivity contribution >= 4 is 29.9 Å². The van der Waals surface area contributed by atoms with Crippen molar-refractivity contribution < 1.29 is 0 Å². The number of guanidine groups is 1. The maximum Gasteiger partial charge on any atom is 0.190 e. The molecule has 0 aliphatic heterocycles. The third-order valence-corrected chi connectivity index (χ3v) is 4.20. The van der Waals surface area contributed by atoms with Crippen LogP contribution in [0.15, 0.2) is 23.5 Å². The van der Waals surface area contributed by atoms with Crippen LogP contribution in [0.25, 0.3) is 0 Å². The first-order valence-electron chi connectivity index (χ1n) is 8.30. The Morgan fingerprint density at radius 3 is 2.59 bits per heavy atom. The minimum atomic E-state index is 0. The van der Waals surface area contributed by atoms with Crippen molar-refractivity contribution in [2.24, 2.45) is 10.9 Å². The number of aliphatic imine (C=N–C) groups is 1. The summed E-state index contributed by atoms with van der Waals surface area (Å²) in [7, 11) is 1.83. The maximum absolute atomic E-state index is 4.26. The summed E-state index contributed by atoms with van der Waals surface area (Å²) in [5.74, 6) is 1.90. The molecule has 2 N–H and O–H groups in total. The van der Waals surface area contributed by atoms with E-state index in [2.05, 4.69) is 20.7 Å². The first kappa shape index (κ1) is 19.3. The number of hydrogen-bond donors (Lipinski definition) is 2. The Morgan fingerprint density at radius 2 is 1.95 bits per heavy atom. The number of nitrogens with one attached hydrogen (secondary N) is 2. The van der Waals surface area contributed by atoms with E-state index in [0.29, 0.717) is 0 Å². The molecule has 1 aromatic heterocycles. The van der Waals surface area contributed by atoms with E-state index in [9.17, 15) is 0 Å². The van der Waals surface area contributed by atoms with Gasteiger partial charge in [0.05, 0.1) is 0 Å². The number of aryl methyl sites for hydroxylation is 1. The van der Waals surface area contributed by atoms with E-state index in [1.54, 1.807) is 0 Å². The molecule has 5 nitrogen and oxygen atoms in total. The highest BCUT2D eigenvalue weighted by atomic mass is 127. The second-order valence-corrected chi connectivity index (χ2v) is 5.84. The second-order valence-electron chi connectivity index (χ2n) is 5.84. The molecule has 1 aromatic rings. The lowest BCUT2D eigenvalue weighted by molar-refractivity contribution is 0.481. The van der Waals surface area contributed by atoms with Crippen molar-refractivity contribution in [3.63, 3.8) is 0 Å². The number of nitrogens with zero attached hydrogens (tertiary/aromatic N) is 3. The molecule has 1 fully saturated rings. The summed E-state index contributed by atoms with van der Waals surface area (Å²) in [5, 5.41) is 11.0. The van der Waals surface area contributed by atoms with Crippen LogP contribution in [-0.4, -0.2) is 35.9 Å². The molecule has 0 unspecified atom stereocenters. The normalized spacial score (nSPS) is 15.6. The van der Waals surface area contributed by atoms with E-state index >= 15 is 0 Å². The summed E-state index contributed by atoms with van der Waals surface area (Å²) >= 11 is 0. The van der Waals surface area contributed by atoms with E-state index in [4.69, 9.17) is 0 Å². The molecule has 1 saturated carbocycles.